The molecule has 6 rings (SSSR count). The first-order valence-corrected chi connectivity index (χ1v) is 10.6. The monoisotopic (exact) mass is 418 g/mol. The van der Waals surface area contributed by atoms with E-state index in [1.165, 1.54) is 0 Å². The standard InChI is InChI=1S/C23H19ClN4O2/c24-16-6-3-7-18-15(16)11-20-23(30)25-17-9-8-12(10-19(17)28(18)20)21-13-4-1-2-5-14(13)22(29)27-26-21/h1-7,11-12,17,19H,8-10H2,(H,25,30)(H,27,29)/t12-,17-,19-/m0/s1. The molecule has 1 aliphatic carbocycles. The van der Waals surface area contributed by atoms with E-state index in [1.54, 1.807) is 0 Å². The number of nitrogens with one attached hydrogen (secondary N) is 2. The maximum atomic E-state index is 12.8. The molecule has 2 aromatic carbocycles. The molecule has 150 valence electrons. The molecule has 1 amide bonds. The van der Waals surface area contributed by atoms with Gasteiger partial charge in [-0.2, -0.15) is 5.10 Å². The summed E-state index contributed by atoms with van der Waals surface area (Å²) in [6, 6.07) is 15.5. The highest BCUT2D eigenvalue weighted by Gasteiger charge is 2.40. The summed E-state index contributed by atoms with van der Waals surface area (Å²) in [6.45, 7) is 0. The van der Waals surface area contributed by atoms with Gasteiger partial charge in [0.1, 0.15) is 5.69 Å². The molecule has 1 aliphatic heterocycles. The van der Waals surface area contributed by atoms with Gasteiger partial charge in [0.15, 0.2) is 0 Å². The highest BCUT2D eigenvalue weighted by Crippen LogP contribution is 2.44. The number of carbonyl (C=O) groups is 1. The number of halogens is 1. The Morgan fingerprint density at radius 1 is 1.00 bits per heavy atom. The van der Waals surface area contributed by atoms with Crippen molar-refractivity contribution in [3.63, 3.8) is 0 Å². The Morgan fingerprint density at radius 3 is 2.70 bits per heavy atom. The van der Waals surface area contributed by atoms with Crippen molar-refractivity contribution in [2.24, 2.45) is 0 Å². The lowest BCUT2D eigenvalue weighted by Crippen LogP contribution is -2.49. The van der Waals surface area contributed by atoms with Crippen molar-refractivity contribution < 1.29 is 4.79 Å². The minimum absolute atomic E-state index is 0.0467. The molecule has 0 saturated heterocycles. The average Bonchev–Trinajstić information content (AvgIpc) is 3.16. The molecule has 4 aromatic rings. The van der Waals surface area contributed by atoms with E-state index >= 15 is 0 Å². The highest BCUT2D eigenvalue weighted by molar-refractivity contribution is 6.35. The Labute approximate surface area is 176 Å². The van der Waals surface area contributed by atoms with Crippen molar-refractivity contribution in [1.82, 2.24) is 20.1 Å². The van der Waals surface area contributed by atoms with Crippen LogP contribution in [0.5, 0.6) is 0 Å². The number of carbonyl (C=O) groups excluding carboxylic acids is 1. The molecule has 1 fully saturated rings. The zero-order chi connectivity index (χ0) is 20.4. The van der Waals surface area contributed by atoms with Crippen LogP contribution in [0.4, 0.5) is 0 Å². The number of benzene rings is 2. The highest BCUT2D eigenvalue weighted by atomic mass is 35.5. The van der Waals surface area contributed by atoms with Gasteiger partial charge in [0.2, 0.25) is 0 Å². The van der Waals surface area contributed by atoms with Crippen molar-refractivity contribution in [3.05, 3.63) is 75.3 Å². The summed E-state index contributed by atoms with van der Waals surface area (Å²) in [5.41, 5.74) is 2.40. The molecule has 0 radical (unpaired) electrons. The Balaban J connectivity index is 1.48. The lowest BCUT2D eigenvalue weighted by molar-refractivity contribution is 0.0847. The summed E-state index contributed by atoms with van der Waals surface area (Å²) < 4.78 is 2.16. The number of H-pyrrole nitrogens is 1. The summed E-state index contributed by atoms with van der Waals surface area (Å²) >= 11 is 6.42. The topological polar surface area (TPSA) is 79.8 Å². The predicted molar refractivity (Wildman–Crippen MR) is 116 cm³/mol. The minimum Gasteiger partial charge on any atom is -0.346 e. The third kappa shape index (κ3) is 2.46. The maximum Gasteiger partial charge on any atom is 0.272 e. The number of rotatable bonds is 1. The molecule has 1 saturated carbocycles. The molecule has 2 aliphatic rings. The third-order valence-electron chi connectivity index (χ3n) is 6.64. The molecule has 0 bridgehead atoms. The Kier molecular flexibility index (Phi) is 3.80. The first-order valence-electron chi connectivity index (χ1n) is 10.2. The average molecular weight is 419 g/mol. The number of hydrogen-bond donors (Lipinski definition) is 2. The van der Waals surface area contributed by atoms with Crippen LogP contribution >= 0.6 is 11.6 Å². The van der Waals surface area contributed by atoms with E-state index in [0.717, 1.165) is 41.2 Å². The fraction of sp³-hybridized carbons (Fsp3) is 0.261. The number of aromatic amines is 1. The third-order valence-corrected chi connectivity index (χ3v) is 6.97. The zero-order valence-electron chi connectivity index (χ0n) is 16.1. The first kappa shape index (κ1) is 17.7. The summed E-state index contributed by atoms with van der Waals surface area (Å²) in [5, 5.41) is 13.4. The quantitative estimate of drug-likeness (QED) is 0.487. The van der Waals surface area contributed by atoms with Crippen LogP contribution in [-0.2, 0) is 0 Å². The van der Waals surface area contributed by atoms with Crippen molar-refractivity contribution >= 4 is 39.2 Å². The van der Waals surface area contributed by atoms with Gasteiger partial charge >= 0.3 is 0 Å². The predicted octanol–water partition coefficient (Wildman–Crippen LogP) is 4.15. The normalized spacial score (nSPS) is 23.2. The van der Waals surface area contributed by atoms with Crippen LogP contribution in [-0.4, -0.2) is 26.7 Å². The van der Waals surface area contributed by atoms with Crippen molar-refractivity contribution in [2.75, 3.05) is 0 Å². The van der Waals surface area contributed by atoms with E-state index in [-0.39, 0.29) is 29.5 Å². The van der Waals surface area contributed by atoms with E-state index in [4.69, 9.17) is 11.6 Å². The van der Waals surface area contributed by atoms with Gasteiger partial charge in [-0.3, -0.25) is 9.59 Å². The largest absolute Gasteiger partial charge is 0.346 e. The summed E-state index contributed by atoms with van der Waals surface area (Å²) in [6.07, 6.45) is 2.59. The molecule has 0 spiro atoms. The smallest absolute Gasteiger partial charge is 0.272 e. The Hall–Kier alpha value is -3.12. The van der Waals surface area contributed by atoms with Crippen LogP contribution in [0.3, 0.4) is 0 Å². The molecule has 2 aromatic heterocycles. The van der Waals surface area contributed by atoms with E-state index in [0.29, 0.717) is 16.1 Å². The molecule has 6 nitrogen and oxygen atoms in total. The van der Waals surface area contributed by atoms with Gasteiger partial charge in [-0.15, -0.1) is 0 Å². The molecule has 3 heterocycles. The van der Waals surface area contributed by atoms with Crippen LogP contribution in [0, 0.1) is 0 Å². The second-order valence-corrected chi connectivity index (χ2v) is 8.62. The number of fused-ring (bicyclic) bond motifs is 6. The van der Waals surface area contributed by atoms with Gasteiger partial charge in [-0.25, -0.2) is 5.10 Å². The van der Waals surface area contributed by atoms with Gasteiger partial charge in [0.05, 0.1) is 22.6 Å². The van der Waals surface area contributed by atoms with E-state index in [1.807, 2.05) is 48.5 Å². The molecule has 3 atom stereocenters. The summed E-state index contributed by atoms with van der Waals surface area (Å²) in [5.74, 6) is 0.141. The lowest BCUT2D eigenvalue weighted by atomic mass is 9.78. The molecule has 2 N–H and O–H groups in total. The van der Waals surface area contributed by atoms with Gasteiger partial charge < -0.3 is 9.88 Å². The van der Waals surface area contributed by atoms with Crippen LogP contribution in [0.1, 0.15) is 47.4 Å². The fourth-order valence-electron chi connectivity index (χ4n) is 5.29. The first-order chi connectivity index (χ1) is 14.6. The van der Waals surface area contributed by atoms with Gasteiger partial charge in [-0.05, 0) is 43.5 Å². The van der Waals surface area contributed by atoms with E-state index in [2.05, 4.69) is 20.1 Å². The maximum absolute atomic E-state index is 12.8. The van der Waals surface area contributed by atoms with E-state index in [9.17, 15) is 9.59 Å². The van der Waals surface area contributed by atoms with Crippen LogP contribution in [0.15, 0.2) is 53.3 Å². The second kappa shape index (κ2) is 6.44. The molecular formula is C23H19ClN4O2. The Bertz CT molecular complexity index is 1390. The molecule has 30 heavy (non-hydrogen) atoms. The molecule has 7 heteroatoms. The number of nitrogens with zero attached hydrogens (tertiary/aromatic N) is 2. The number of aromatic nitrogens is 3. The van der Waals surface area contributed by atoms with Gasteiger partial charge in [0.25, 0.3) is 11.5 Å². The van der Waals surface area contributed by atoms with Crippen molar-refractivity contribution in [1.29, 1.82) is 0 Å². The SMILES string of the molecule is O=C1N[C@H]2CC[C@H](c3n[nH]c(=O)c4ccccc34)C[C@@H]2n2c1cc1c(Cl)cccc12. The molecule has 0 unspecified atom stereocenters. The van der Waals surface area contributed by atoms with Crippen LogP contribution < -0.4 is 10.9 Å². The minimum atomic E-state index is -0.165. The lowest BCUT2D eigenvalue weighted by Gasteiger charge is -2.41. The molecular weight excluding hydrogens is 400 g/mol. The summed E-state index contributed by atoms with van der Waals surface area (Å²) in [4.78, 5) is 25.0. The van der Waals surface area contributed by atoms with Crippen LogP contribution in [0.25, 0.3) is 21.7 Å². The summed E-state index contributed by atoms with van der Waals surface area (Å²) in [7, 11) is 0. The van der Waals surface area contributed by atoms with Gasteiger partial charge in [-0.1, -0.05) is 35.9 Å². The van der Waals surface area contributed by atoms with Crippen molar-refractivity contribution in [3.8, 4) is 0 Å². The zero-order valence-corrected chi connectivity index (χ0v) is 16.8. The van der Waals surface area contributed by atoms with Gasteiger partial charge in [0, 0.05) is 27.8 Å². The second-order valence-electron chi connectivity index (χ2n) is 8.21. The number of hydrogen-bond acceptors (Lipinski definition) is 3. The van der Waals surface area contributed by atoms with E-state index < -0.39 is 0 Å². The van der Waals surface area contributed by atoms with Crippen molar-refractivity contribution in [2.45, 2.75) is 37.3 Å². The van der Waals surface area contributed by atoms with Crippen LogP contribution in [0.2, 0.25) is 5.02 Å². The Morgan fingerprint density at radius 2 is 1.83 bits per heavy atom. The fourth-order valence-corrected chi connectivity index (χ4v) is 5.51. The number of amides is 1.